The number of nitrogens with zero attached hydrogens (tertiary/aromatic N) is 2. The molecule has 0 aliphatic heterocycles. The van der Waals surface area contributed by atoms with Gasteiger partial charge >= 0.3 is 0 Å². The first kappa shape index (κ1) is 16.7. The van der Waals surface area contributed by atoms with Crippen LogP contribution in [0.1, 0.15) is 22.6 Å². The first-order valence-corrected chi connectivity index (χ1v) is 7.93. The lowest BCUT2D eigenvalue weighted by Gasteiger charge is -2.08. The van der Waals surface area contributed by atoms with Gasteiger partial charge in [0.05, 0.1) is 12.1 Å². The number of ether oxygens (including phenoxy) is 1. The van der Waals surface area contributed by atoms with Crippen molar-refractivity contribution in [3.8, 4) is 11.6 Å². The van der Waals surface area contributed by atoms with Crippen molar-refractivity contribution in [1.82, 2.24) is 10.1 Å². The molecular formula is C19H19N3O3. The molecule has 25 heavy (non-hydrogen) atoms. The Labute approximate surface area is 145 Å². The van der Waals surface area contributed by atoms with Gasteiger partial charge in [-0.05, 0) is 50.6 Å². The van der Waals surface area contributed by atoms with Gasteiger partial charge in [-0.25, -0.2) is 4.98 Å². The van der Waals surface area contributed by atoms with Gasteiger partial charge in [-0.2, -0.15) is 0 Å². The number of carbonyl (C=O) groups excluding carboxylic acids is 1. The largest absolute Gasteiger partial charge is 0.439 e. The second-order valence-corrected chi connectivity index (χ2v) is 5.83. The third-order valence-electron chi connectivity index (χ3n) is 3.76. The Morgan fingerprint density at radius 2 is 1.88 bits per heavy atom. The first-order chi connectivity index (χ1) is 12.0. The Bertz CT molecular complexity index is 848. The van der Waals surface area contributed by atoms with E-state index in [1.807, 2.05) is 26.0 Å². The summed E-state index contributed by atoms with van der Waals surface area (Å²) in [5.41, 5.74) is 3.33. The number of nitrogens with one attached hydrogen (secondary N) is 1. The Hall–Kier alpha value is -3.15. The minimum absolute atomic E-state index is 0.122. The molecule has 3 rings (SSSR count). The molecule has 0 fully saturated rings. The number of pyridine rings is 1. The maximum absolute atomic E-state index is 12.2. The van der Waals surface area contributed by atoms with Crippen molar-refractivity contribution in [3.05, 3.63) is 65.2 Å². The molecule has 1 amide bonds. The third kappa shape index (κ3) is 4.23. The number of anilines is 1. The van der Waals surface area contributed by atoms with Crippen LogP contribution in [0.4, 0.5) is 5.69 Å². The lowest BCUT2D eigenvalue weighted by molar-refractivity contribution is -0.115. The molecule has 1 N–H and O–H groups in total. The quantitative estimate of drug-likeness (QED) is 0.762. The van der Waals surface area contributed by atoms with Crippen LogP contribution in [0.2, 0.25) is 0 Å². The van der Waals surface area contributed by atoms with Crippen molar-refractivity contribution in [2.24, 2.45) is 0 Å². The maximum Gasteiger partial charge on any atom is 0.228 e. The average molecular weight is 337 g/mol. The molecule has 0 saturated heterocycles. The van der Waals surface area contributed by atoms with Crippen LogP contribution in [-0.4, -0.2) is 16.0 Å². The zero-order valence-electron chi connectivity index (χ0n) is 14.4. The molecule has 2 aromatic heterocycles. The van der Waals surface area contributed by atoms with Gasteiger partial charge in [-0.15, -0.1) is 0 Å². The summed E-state index contributed by atoms with van der Waals surface area (Å²) in [4.78, 5) is 16.4. The Morgan fingerprint density at radius 1 is 1.12 bits per heavy atom. The van der Waals surface area contributed by atoms with E-state index in [0.717, 1.165) is 16.8 Å². The predicted octanol–water partition coefficient (Wildman–Crippen LogP) is 3.97. The van der Waals surface area contributed by atoms with Crippen molar-refractivity contribution in [3.63, 3.8) is 0 Å². The molecule has 128 valence electrons. The van der Waals surface area contributed by atoms with E-state index < -0.39 is 0 Å². The summed E-state index contributed by atoms with van der Waals surface area (Å²) in [6, 6.07) is 10.9. The molecule has 6 nitrogen and oxygen atoms in total. The molecule has 0 atom stereocenters. The van der Waals surface area contributed by atoms with Gasteiger partial charge in [-0.3, -0.25) is 4.79 Å². The lowest BCUT2D eigenvalue weighted by atomic mass is 10.1. The van der Waals surface area contributed by atoms with Gasteiger partial charge < -0.3 is 14.6 Å². The van der Waals surface area contributed by atoms with Crippen LogP contribution >= 0.6 is 0 Å². The number of aryl methyl sites for hydroxylation is 3. The van der Waals surface area contributed by atoms with Crippen molar-refractivity contribution < 1.29 is 14.1 Å². The molecule has 0 bridgehead atoms. The van der Waals surface area contributed by atoms with Crippen LogP contribution in [0.15, 0.2) is 47.1 Å². The van der Waals surface area contributed by atoms with Crippen LogP contribution in [0, 0.1) is 20.8 Å². The van der Waals surface area contributed by atoms with Crippen LogP contribution in [-0.2, 0) is 11.2 Å². The van der Waals surface area contributed by atoms with Crippen molar-refractivity contribution in [2.75, 3.05) is 5.32 Å². The average Bonchev–Trinajstić information content (AvgIpc) is 2.90. The Kier molecular flexibility index (Phi) is 4.79. The number of amides is 1. The fraction of sp³-hybridized carbons (Fsp3) is 0.211. The summed E-state index contributed by atoms with van der Waals surface area (Å²) >= 11 is 0. The van der Waals surface area contributed by atoms with E-state index in [1.54, 1.807) is 37.4 Å². The molecule has 0 spiro atoms. The fourth-order valence-electron chi connectivity index (χ4n) is 2.36. The molecular weight excluding hydrogens is 318 g/mol. The monoisotopic (exact) mass is 337 g/mol. The zero-order valence-corrected chi connectivity index (χ0v) is 14.4. The van der Waals surface area contributed by atoms with Gasteiger partial charge in [0, 0.05) is 23.5 Å². The first-order valence-electron chi connectivity index (χ1n) is 7.93. The number of hydrogen-bond donors (Lipinski definition) is 1. The summed E-state index contributed by atoms with van der Waals surface area (Å²) in [5.74, 6) is 1.73. The summed E-state index contributed by atoms with van der Waals surface area (Å²) in [5, 5.41) is 6.71. The number of hydrogen-bond acceptors (Lipinski definition) is 5. The SMILES string of the molecule is Cc1ccc(Oc2ccc(NC(=O)Cc3c(C)noc3C)cc2)nc1. The van der Waals surface area contributed by atoms with E-state index in [9.17, 15) is 4.79 Å². The van der Waals surface area contributed by atoms with Crippen molar-refractivity contribution in [2.45, 2.75) is 27.2 Å². The molecule has 0 unspecified atom stereocenters. The van der Waals surface area contributed by atoms with E-state index in [0.29, 0.717) is 23.1 Å². The van der Waals surface area contributed by atoms with Crippen LogP contribution in [0.25, 0.3) is 0 Å². The topological polar surface area (TPSA) is 77.2 Å². The van der Waals surface area contributed by atoms with Gasteiger partial charge in [0.1, 0.15) is 11.5 Å². The second kappa shape index (κ2) is 7.17. The summed E-state index contributed by atoms with van der Waals surface area (Å²) < 4.78 is 10.7. The third-order valence-corrected chi connectivity index (χ3v) is 3.76. The maximum atomic E-state index is 12.2. The number of aromatic nitrogens is 2. The molecule has 3 aromatic rings. The number of benzene rings is 1. The van der Waals surface area contributed by atoms with Crippen LogP contribution < -0.4 is 10.1 Å². The minimum atomic E-state index is -0.122. The molecule has 2 heterocycles. The number of rotatable bonds is 5. The van der Waals surface area contributed by atoms with Crippen molar-refractivity contribution >= 4 is 11.6 Å². The van der Waals surface area contributed by atoms with Crippen molar-refractivity contribution in [1.29, 1.82) is 0 Å². The van der Waals surface area contributed by atoms with E-state index in [-0.39, 0.29) is 12.3 Å². The van der Waals surface area contributed by atoms with E-state index in [2.05, 4.69) is 15.5 Å². The van der Waals surface area contributed by atoms with E-state index >= 15 is 0 Å². The minimum Gasteiger partial charge on any atom is -0.439 e. The Balaban J connectivity index is 1.60. The smallest absolute Gasteiger partial charge is 0.228 e. The molecule has 0 aliphatic rings. The van der Waals surface area contributed by atoms with Crippen LogP contribution in [0.5, 0.6) is 11.6 Å². The van der Waals surface area contributed by atoms with Gasteiger partial charge in [0.2, 0.25) is 11.8 Å². The highest BCUT2D eigenvalue weighted by molar-refractivity contribution is 5.92. The lowest BCUT2D eigenvalue weighted by Crippen LogP contribution is -2.15. The normalized spacial score (nSPS) is 10.5. The van der Waals surface area contributed by atoms with Gasteiger partial charge in [0.15, 0.2) is 0 Å². The summed E-state index contributed by atoms with van der Waals surface area (Å²) in [6.07, 6.45) is 1.98. The van der Waals surface area contributed by atoms with E-state index in [1.165, 1.54) is 0 Å². The van der Waals surface area contributed by atoms with E-state index in [4.69, 9.17) is 9.26 Å². The molecule has 0 aliphatic carbocycles. The zero-order chi connectivity index (χ0) is 17.8. The van der Waals surface area contributed by atoms with Crippen LogP contribution in [0.3, 0.4) is 0 Å². The van der Waals surface area contributed by atoms with Gasteiger partial charge in [0.25, 0.3) is 0 Å². The summed E-state index contributed by atoms with van der Waals surface area (Å²) in [7, 11) is 0. The van der Waals surface area contributed by atoms with Gasteiger partial charge in [-0.1, -0.05) is 11.2 Å². The molecule has 1 aromatic carbocycles. The highest BCUT2D eigenvalue weighted by atomic mass is 16.5. The summed E-state index contributed by atoms with van der Waals surface area (Å²) in [6.45, 7) is 5.59. The second-order valence-electron chi connectivity index (χ2n) is 5.83. The molecule has 0 saturated carbocycles. The number of carbonyl (C=O) groups is 1. The standard InChI is InChI=1S/C19H19N3O3/c1-12-4-9-19(20-11-12)24-16-7-5-15(6-8-16)21-18(23)10-17-13(2)22-25-14(17)3/h4-9,11H,10H2,1-3H3,(H,21,23). The molecule has 6 heteroatoms. The Morgan fingerprint density at radius 3 is 2.48 bits per heavy atom. The molecule has 0 radical (unpaired) electrons. The highest BCUT2D eigenvalue weighted by Gasteiger charge is 2.13. The predicted molar refractivity (Wildman–Crippen MR) is 93.8 cm³/mol. The highest BCUT2D eigenvalue weighted by Crippen LogP contribution is 2.22. The fourth-order valence-corrected chi connectivity index (χ4v) is 2.36.